The van der Waals surface area contributed by atoms with E-state index in [4.69, 9.17) is 4.74 Å². The number of aryl methyl sites for hydroxylation is 2. The van der Waals surface area contributed by atoms with Gasteiger partial charge in [0.25, 0.3) is 0 Å². The van der Waals surface area contributed by atoms with E-state index < -0.39 is 5.60 Å². The molecule has 0 aliphatic carbocycles. The van der Waals surface area contributed by atoms with Crippen LogP contribution in [0, 0.1) is 6.92 Å². The average Bonchev–Trinajstić information content (AvgIpc) is 3.21. The molecule has 1 saturated heterocycles. The fourth-order valence-corrected chi connectivity index (χ4v) is 3.12. The van der Waals surface area contributed by atoms with Gasteiger partial charge in [-0.05, 0) is 31.9 Å². The van der Waals surface area contributed by atoms with Crippen molar-refractivity contribution in [3.05, 3.63) is 48.5 Å². The van der Waals surface area contributed by atoms with E-state index in [-0.39, 0.29) is 12.5 Å². The van der Waals surface area contributed by atoms with Gasteiger partial charge in [-0.1, -0.05) is 18.2 Å². The van der Waals surface area contributed by atoms with Crippen molar-refractivity contribution in [2.24, 2.45) is 0 Å². The number of aromatic nitrogens is 2. The van der Waals surface area contributed by atoms with E-state index in [0.717, 1.165) is 24.5 Å². The molecule has 0 bridgehead atoms. The van der Waals surface area contributed by atoms with Crippen molar-refractivity contribution in [3.63, 3.8) is 0 Å². The maximum absolute atomic E-state index is 12.4. The largest absolute Gasteiger partial charge is 0.491 e. The lowest BCUT2D eigenvalue weighted by Gasteiger charge is -2.23. The zero-order valence-corrected chi connectivity index (χ0v) is 14.6. The molecule has 25 heavy (non-hydrogen) atoms. The number of carbonyl (C=O) groups excluding carboxylic acids is 1. The van der Waals surface area contributed by atoms with Crippen molar-refractivity contribution < 1.29 is 14.6 Å². The Morgan fingerprint density at radius 2 is 2.16 bits per heavy atom. The highest BCUT2D eigenvalue weighted by molar-refractivity contribution is 5.76. The fourth-order valence-electron chi connectivity index (χ4n) is 3.12. The van der Waals surface area contributed by atoms with Crippen LogP contribution in [0.2, 0.25) is 0 Å². The van der Waals surface area contributed by atoms with Crippen molar-refractivity contribution in [1.29, 1.82) is 0 Å². The number of nitrogens with zero attached hydrogens (tertiary/aromatic N) is 3. The van der Waals surface area contributed by atoms with Crippen LogP contribution in [0.25, 0.3) is 0 Å². The first-order chi connectivity index (χ1) is 12.1. The van der Waals surface area contributed by atoms with E-state index in [9.17, 15) is 9.90 Å². The number of benzene rings is 1. The predicted molar refractivity (Wildman–Crippen MR) is 94.3 cm³/mol. The number of carbonyl (C=O) groups is 1. The number of rotatable bonds is 7. The summed E-state index contributed by atoms with van der Waals surface area (Å²) in [7, 11) is 0. The molecule has 2 heterocycles. The van der Waals surface area contributed by atoms with Gasteiger partial charge in [0, 0.05) is 31.9 Å². The summed E-state index contributed by atoms with van der Waals surface area (Å²) in [5.74, 6) is 1.78. The first-order valence-electron chi connectivity index (χ1n) is 8.71. The zero-order chi connectivity index (χ0) is 17.7. The van der Waals surface area contributed by atoms with E-state index >= 15 is 0 Å². The molecule has 1 fully saturated rings. The maximum atomic E-state index is 12.4. The monoisotopic (exact) mass is 343 g/mol. The van der Waals surface area contributed by atoms with Crippen LogP contribution in [-0.2, 0) is 11.3 Å². The molecule has 6 nitrogen and oxygen atoms in total. The van der Waals surface area contributed by atoms with Gasteiger partial charge in [0.2, 0.25) is 5.91 Å². The van der Waals surface area contributed by atoms with Crippen LogP contribution in [0.3, 0.4) is 0 Å². The molecule has 1 aromatic heterocycles. The van der Waals surface area contributed by atoms with Gasteiger partial charge in [-0.3, -0.25) is 4.79 Å². The minimum absolute atomic E-state index is 0.0911. The van der Waals surface area contributed by atoms with E-state index in [1.807, 2.05) is 48.0 Å². The van der Waals surface area contributed by atoms with E-state index in [1.54, 1.807) is 11.1 Å². The Kier molecular flexibility index (Phi) is 5.38. The molecule has 1 amide bonds. The molecule has 0 radical (unpaired) electrons. The lowest BCUT2D eigenvalue weighted by Crippen LogP contribution is -2.40. The molecule has 0 unspecified atom stereocenters. The topological polar surface area (TPSA) is 67.6 Å². The van der Waals surface area contributed by atoms with Crippen LogP contribution in [-0.4, -0.2) is 50.8 Å². The molecule has 0 saturated carbocycles. The number of β-amino-alcohol motifs (C(OH)–C–C–N with tert-alkyl or cyclic N) is 1. The van der Waals surface area contributed by atoms with E-state index in [1.165, 1.54) is 0 Å². The summed E-state index contributed by atoms with van der Waals surface area (Å²) in [6, 6.07) is 9.43. The summed E-state index contributed by atoms with van der Waals surface area (Å²) in [4.78, 5) is 18.3. The Bertz CT molecular complexity index is 701. The molecule has 1 aliphatic rings. The minimum Gasteiger partial charge on any atom is -0.491 e. The Morgan fingerprint density at radius 1 is 1.36 bits per heavy atom. The third-order valence-electron chi connectivity index (χ3n) is 4.65. The number of amides is 1. The summed E-state index contributed by atoms with van der Waals surface area (Å²) < 4.78 is 7.71. The zero-order valence-electron chi connectivity index (χ0n) is 14.6. The molecule has 3 rings (SSSR count). The molecule has 1 aliphatic heterocycles. The fraction of sp³-hybridized carbons (Fsp3) is 0.474. The Balaban J connectivity index is 1.43. The van der Waals surface area contributed by atoms with Gasteiger partial charge >= 0.3 is 0 Å². The highest BCUT2D eigenvalue weighted by Crippen LogP contribution is 2.23. The molecule has 1 N–H and O–H groups in total. The van der Waals surface area contributed by atoms with E-state index in [2.05, 4.69) is 4.98 Å². The lowest BCUT2D eigenvalue weighted by atomic mass is 10.1. The minimum atomic E-state index is -0.966. The quantitative estimate of drug-likeness (QED) is 0.835. The average molecular weight is 343 g/mol. The van der Waals surface area contributed by atoms with Gasteiger partial charge in [-0.2, -0.15) is 0 Å². The van der Waals surface area contributed by atoms with Crippen LogP contribution in [0.15, 0.2) is 42.7 Å². The predicted octanol–water partition coefficient (Wildman–Crippen LogP) is 2.01. The van der Waals surface area contributed by atoms with Gasteiger partial charge in [0.15, 0.2) is 0 Å². The normalized spacial score (nSPS) is 20.0. The van der Waals surface area contributed by atoms with Crippen LogP contribution in [0.1, 0.15) is 25.1 Å². The number of likely N-dealkylation sites (tertiary alicyclic amines) is 1. The molecular weight excluding hydrogens is 318 g/mol. The van der Waals surface area contributed by atoms with Gasteiger partial charge in [0.05, 0.1) is 6.54 Å². The van der Waals surface area contributed by atoms with Crippen molar-refractivity contribution in [2.75, 3.05) is 19.7 Å². The third kappa shape index (κ3) is 4.60. The second kappa shape index (κ2) is 7.70. The third-order valence-corrected chi connectivity index (χ3v) is 4.65. The summed E-state index contributed by atoms with van der Waals surface area (Å²) in [6.07, 6.45) is 5.49. The highest BCUT2D eigenvalue weighted by atomic mass is 16.5. The Labute approximate surface area is 148 Å². The maximum Gasteiger partial charge on any atom is 0.222 e. The smallest absolute Gasteiger partial charge is 0.222 e. The number of hydrogen-bond donors (Lipinski definition) is 1. The van der Waals surface area contributed by atoms with Crippen LogP contribution in [0.5, 0.6) is 5.75 Å². The van der Waals surface area contributed by atoms with Gasteiger partial charge in [-0.15, -0.1) is 0 Å². The van der Waals surface area contributed by atoms with Crippen molar-refractivity contribution in [3.8, 4) is 5.75 Å². The molecular formula is C19H25N3O3. The highest BCUT2D eigenvalue weighted by Gasteiger charge is 2.38. The van der Waals surface area contributed by atoms with Crippen LogP contribution < -0.4 is 4.74 Å². The SMILES string of the molecule is Cc1nccn1CCCC(=O)N1CC[C@@](O)(COc2ccccc2)C1. The number of imidazole rings is 1. The van der Waals surface area contributed by atoms with Gasteiger partial charge in [0.1, 0.15) is 23.8 Å². The molecule has 1 aromatic carbocycles. The van der Waals surface area contributed by atoms with Gasteiger partial charge < -0.3 is 19.3 Å². The first kappa shape index (κ1) is 17.5. The van der Waals surface area contributed by atoms with Gasteiger partial charge in [-0.25, -0.2) is 4.98 Å². The summed E-state index contributed by atoms with van der Waals surface area (Å²) in [6.45, 7) is 3.86. The second-order valence-electron chi connectivity index (χ2n) is 6.66. The molecule has 1 atom stereocenters. The molecule has 134 valence electrons. The molecule has 0 spiro atoms. The van der Waals surface area contributed by atoms with Crippen LogP contribution >= 0.6 is 0 Å². The van der Waals surface area contributed by atoms with Crippen molar-refractivity contribution >= 4 is 5.91 Å². The standard InChI is InChI=1S/C19H25N3O3/c1-16-20-10-13-21(16)11-5-8-18(23)22-12-9-19(24,14-22)15-25-17-6-3-2-4-7-17/h2-4,6-7,10,13,24H,5,8-9,11-12,14-15H2,1H3/t19-/m0/s1. The van der Waals surface area contributed by atoms with Crippen molar-refractivity contribution in [2.45, 2.75) is 38.3 Å². The number of aliphatic hydroxyl groups is 1. The number of ether oxygens (including phenoxy) is 1. The second-order valence-corrected chi connectivity index (χ2v) is 6.66. The van der Waals surface area contributed by atoms with E-state index in [0.29, 0.717) is 25.9 Å². The number of hydrogen-bond acceptors (Lipinski definition) is 4. The first-order valence-corrected chi connectivity index (χ1v) is 8.71. The Hall–Kier alpha value is -2.34. The van der Waals surface area contributed by atoms with Crippen LogP contribution in [0.4, 0.5) is 0 Å². The lowest BCUT2D eigenvalue weighted by molar-refractivity contribution is -0.131. The summed E-state index contributed by atoms with van der Waals surface area (Å²) in [5, 5.41) is 10.7. The molecule has 6 heteroatoms. The van der Waals surface area contributed by atoms with Crippen molar-refractivity contribution in [1.82, 2.24) is 14.5 Å². The summed E-state index contributed by atoms with van der Waals surface area (Å²) in [5.41, 5.74) is -0.966. The Morgan fingerprint density at radius 3 is 2.88 bits per heavy atom. The molecule has 2 aromatic rings. The summed E-state index contributed by atoms with van der Waals surface area (Å²) >= 11 is 0. The number of para-hydroxylation sites is 1.